The number of nitrogens with one attached hydrogen (secondary N) is 1. The third kappa shape index (κ3) is 5.74. The SMILES string of the molecule is CCCN1CCN(c2ccc(C(=O)N[C@@H](CC(C)C)C(=O)N3C[C@H](OC)[C@H]4OCC(=O)[C@H]43)cc2)CC1. The van der Waals surface area contributed by atoms with Crippen LogP contribution in [0, 0.1) is 5.92 Å². The van der Waals surface area contributed by atoms with Crippen LogP contribution in [0.3, 0.4) is 0 Å². The van der Waals surface area contributed by atoms with Crippen LogP contribution < -0.4 is 10.2 Å². The largest absolute Gasteiger partial charge is 0.377 e. The van der Waals surface area contributed by atoms with Gasteiger partial charge in [-0.15, -0.1) is 0 Å². The van der Waals surface area contributed by atoms with Crippen LogP contribution in [-0.2, 0) is 19.1 Å². The summed E-state index contributed by atoms with van der Waals surface area (Å²) < 4.78 is 11.1. The number of anilines is 1. The number of amides is 2. The minimum absolute atomic E-state index is 0.0137. The van der Waals surface area contributed by atoms with Gasteiger partial charge in [-0.05, 0) is 49.6 Å². The van der Waals surface area contributed by atoms with Gasteiger partial charge in [-0.3, -0.25) is 19.3 Å². The van der Waals surface area contributed by atoms with Crippen molar-refractivity contribution in [1.29, 1.82) is 0 Å². The Hall–Kier alpha value is -2.49. The van der Waals surface area contributed by atoms with Crippen LogP contribution in [0.2, 0.25) is 0 Å². The van der Waals surface area contributed by atoms with Gasteiger partial charge in [0.05, 0.1) is 6.54 Å². The molecule has 1 aromatic carbocycles. The van der Waals surface area contributed by atoms with Crippen molar-refractivity contribution in [2.45, 2.75) is 57.9 Å². The standard InChI is InChI=1S/C27H40N4O5/c1-5-10-29-11-13-30(14-12-29)20-8-6-19(7-9-20)26(33)28-21(15-18(2)3)27(34)31-16-23(35-4)25-24(31)22(32)17-36-25/h6-9,18,21,23-25H,5,10-17H2,1-4H3,(H,28,33)/t21-,23-,24+,25+/m0/s1. The number of fused-ring (bicyclic) bond motifs is 1. The minimum Gasteiger partial charge on any atom is -0.377 e. The van der Waals surface area contributed by atoms with Gasteiger partial charge >= 0.3 is 0 Å². The first-order valence-electron chi connectivity index (χ1n) is 13.2. The number of methoxy groups -OCH3 is 1. The molecule has 9 nitrogen and oxygen atoms in total. The van der Waals surface area contributed by atoms with Gasteiger partial charge in [-0.25, -0.2) is 0 Å². The number of carbonyl (C=O) groups excluding carboxylic acids is 3. The molecular weight excluding hydrogens is 460 g/mol. The highest BCUT2D eigenvalue weighted by Gasteiger charge is 2.53. The molecule has 4 rings (SSSR count). The third-order valence-corrected chi connectivity index (χ3v) is 7.44. The molecule has 0 aromatic heterocycles. The molecule has 0 aliphatic carbocycles. The second-order valence-corrected chi connectivity index (χ2v) is 10.5. The molecule has 2 amide bonds. The number of likely N-dealkylation sites (tertiary alicyclic amines) is 1. The van der Waals surface area contributed by atoms with Crippen LogP contribution >= 0.6 is 0 Å². The Balaban J connectivity index is 1.41. The molecule has 0 radical (unpaired) electrons. The summed E-state index contributed by atoms with van der Waals surface area (Å²) in [6.45, 7) is 11.7. The molecule has 0 saturated carbocycles. The zero-order chi connectivity index (χ0) is 25.8. The van der Waals surface area contributed by atoms with E-state index < -0.39 is 18.2 Å². The lowest BCUT2D eigenvalue weighted by Crippen LogP contribution is -2.52. The summed E-state index contributed by atoms with van der Waals surface area (Å²) in [5.41, 5.74) is 1.62. The molecule has 0 spiro atoms. The maximum absolute atomic E-state index is 13.6. The van der Waals surface area contributed by atoms with E-state index in [9.17, 15) is 14.4 Å². The predicted molar refractivity (Wildman–Crippen MR) is 137 cm³/mol. The van der Waals surface area contributed by atoms with Crippen molar-refractivity contribution in [2.75, 3.05) is 57.9 Å². The van der Waals surface area contributed by atoms with Gasteiger partial charge in [-0.2, -0.15) is 0 Å². The van der Waals surface area contributed by atoms with E-state index in [2.05, 4.69) is 22.0 Å². The topological polar surface area (TPSA) is 91.4 Å². The molecule has 36 heavy (non-hydrogen) atoms. The maximum Gasteiger partial charge on any atom is 0.251 e. The summed E-state index contributed by atoms with van der Waals surface area (Å²) in [4.78, 5) is 45.6. The number of ether oxygens (including phenoxy) is 2. The van der Waals surface area contributed by atoms with Gasteiger partial charge in [0.1, 0.15) is 30.9 Å². The lowest BCUT2D eigenvalue weighted by atomic mass is 10.0. The highest BCUT2D eigenvalue weighted by Crippen LogP contribution is 2.30. The van der Waals surface area contributed by atoms with E-state index in [1.807, 2.05) is 38.1 Å². The van der Waals surface area contributed by atoms with Crippen molar-refractivity contribution >= 4 is 23.3 Å². The molecule has 3 heterocycles. The molecule has 3 aliphatic rings. The summed E-state index contributed by atoms with van der Waals surface area (Å²) in [6.07, 6.45) is 0.848. The molecule has 3 aliphatic heterocycles. The number of rotatable bonds is 9. The van der Waals surface area contributed by atoms with Crippen LogP contribution in [0.4, 0.5) is 5.69 Å². The monoisotopic (exact) mass is 500 g/mol. The van der Waals surface area contributed by atoms with Crippen molar-refractivity contribution in [3.05, 3.63) is 29.8 Å². The molecule has 198 valence electrons. The Kier molecular flexibility index (Phi) is 8.64. The summed E-state index contributed by atoms with van der Waals surface area (Å²) in [5, 5.41) is 2.94. The van der Waals surface area contributed by atoms with E-state index in [-0.39, 0.29) is 42.8 Å². The van der Waals surface area contributed by atoms with Gasteiger partial charge in [0.2, 0.25) is 5.91 Å². The van der Waals surface area contributed by atoms with Crippen LogP contribution in [0.5, 0.6) is 0 Å². The van der Waals surface area contributed by atoms with E-state index in [4.69, 9.17) is 9.47 Å². The normalized spacial score (nSPS) is 25.4. The Labute approximate surface area is 214 Å². The molecule has 3 fully saturated rings. The zero-order valence-corrected chi connectivity index (χ0v) is 21.9. The predicted octanol–water partition coefficient (Wildman–Crippen LogP) is 1.56. The molecule has 3 saturated heterocycles. The maximum atomic E-state index is 13.6. The lowest BCUT2D eigenvalue weighted by Gasteiger charge is -2.36. The minimum atomic E-state index is -0.728. The number of hydrogen-bond donors (Lipinski definition) is 1. The van der Waals surface area contributed by atoms with Gasteiger partial charge in [0.25, 0.3) is 5.91 Å². The van der Waals surface area contributed by atoms with Crippen molar-refractivity contribution in [2.24, 2.45) is 5.92 Å². The highest BCUT2D eigenvalue weighted by molar-refractivity contribution is 5.99. The van der Waals surface area contributed by atoms with Crippen LogP contribution in [-0.4, -0.2) is 105 Å². The molecule has 9 heteroatoms. The van der Waals surface area contributed by atoms with E-state index in [0.717, 1.165) is 38.4 Å². The summed E-state index contributed by atoms with van der Waals surface area (Å²) in [5.74, 6) is -0.484. The average Bonchev–Trinajstić information content (AvgIpc) is 3.44. The summed E-state index contributed by atoms with van der Waals surface area (Å²) in [7, 11) is 1.56. The third-order valence-electron chi connectivity index (χ3n) is 7.44. The van der Waals surface area contributed by atoms with Crippen LogP contribution in [0.15, 0.2) is 24.3 Å². The molecule has 1 aromatic rings. The van der Waals surface area contributed by atoms with Gasteiger partial charge in [0.15, 0.2) is 5.78 Å². The van der Waals surface area contributed by atoms with Crippen LogP contribution in [0.25, 0.3) is 0 Å². The molecular formula is C27H40N4O5. The number of carbonyl (C=O) groups is 3. The van der Waals surface area contributed by atoms with Crippen molar-refractivity contribution in [3.8, 4) is 0 Å². The van der Waals surface area contributed by atoms with E-state index in [0.29, 0.717) is 12.0 Å². The van der Waals surface area contributed by atoms with E-state index in [1.54, 1.807) is 12.0 Å². The van der Waals surface area contributed by atoms with Crippen molar-refractivity contribution < 1.29 is 23.9 Å². The Morgan fingerprint density at radius 2 is 1.83 bits per heavy atom. The number of ketones is 1. The van der Waals surface area contributed by atoms with Crippen molar-refractivity contribution in [3.63, 3.8) is 0 Å². The fourth-order valence-corrected chi connectivity index (χ4v) is 5.55. The zero-order valence-electron chi connectivity index (χ0n) is 21.9. The number of piperazine rings is 1. The van der Waals surface area contributed by atoms with Gasteiger partial charge in [0, 0.05) is 44.5 Å². The number of benzene rings is 1. The van der Waals surface area contributed by atoms with Gasteiger partial charge in [-0.1, -0.05) is 20.8 Å². The summed E-state index contributed by atoms with van der Waals surface area (Å²) >= 11 is 0. The molecule has 0 unspecified atom stereocenters. The molecule has 1 N–H and O–H groups in total. The Morgan fingerprint density at radius 1 is 1.14 bits per heavy atom. The van der Waals surface area contributed by atoms with E-state index >= 15 is 0 Å². The number of Topliss-reactive ketones (excluding diaryl/α,β-unsaturated/α-hetero) is 1. The first-order chi connectivity index (χ1) is 17.3. The Morgan fingerprint density at radius 3 is 2.44 bits per heavy atom. The first-order valence-corrected chi connectivity index (χ1v) is 13.2. The molecule has 0 bridgehead atoms. The number of hydrogen-bond acceptors (Lipinski definition) is 7. The van der Waals surface area contributed by atoms with E-state index in [1.165, 1.54) is 6.42 Å². The quantitative estimate of drug-likeness (QED) is 0.550. The number of nitrogens with zero attached hydrogens (tertiary/aromatic N) is 3. The van der Waals surface area contributed by atoms with Gasteiger partial charge < -0.3 is 24.6 Å². The average molecular weight is 501 g/mol. The van der Waals surface area contributed by atoms with Crippen LogP contribution in [0.1, 0.15) is 44.0 Å². The fourth-order valence-electron chi connectivity index (χ4n) is 5.55. The van der Waals surface area contributed by atoms with Crippen molar-refractivity contribution in [1.82, 2.24) is 15.1 Å². The highest BCUT2D eigenvalue weighted by atomic mass is 16.5. The smallest absolute Gasteiger partial charge is 0.251 e. The Bertz CT molecular complexity index is 929. The fraction of sp³-hybridized carbons (Fsp3) is 0.667. The first kappa shape index (κ1) is 26.6. The second-order valence-electron chi connectivity index (χ2n) is 10.5. The summed E-state index contributed by atoms with van der Waals surface area (Å²) in [6, 6.07) is 6.22. The second kappa shape index (κ2) is 11.7. The lowest BCUT2D eigenvalue weighted by molar-refractivity contribution is -0.138. The molecule has 4 atom stereocenters.